The van der Waals surface area contributed by atoms with Crippen LogP contribution in [0.2, 0.25) is 0 Å². The van der Waals surface area contributed by atoms with Crippen molar-refractivity contribution >= 4 is 23.2 Å². The number of hydrogen-bond acceptors (Lipinski definition) is 5. The van der Waals surface area contributed by atoms with Gasteiger partial charge in [-0.2, -0.15) is 0 Å². The lowest BCUT2D eigenvalue weighted by Crippen LogP contribution is -2.42. The summed E-state index contributed by atoms with van der Waals surface area (Å²) in [6.07, 6.45) is 1.55. The number of nitrogens with one attached hydrogen (secondary N) is 1. The molecule has 0 bridgehead atoms. The summed E-state index contributed by atoms with van der Waals surface area (Å²) in [5.41, 5.74) is 2.42. The quantitative estimate of drug-likeness (QED) is 0.497. The highest BCUT2D eigenvalue weighted by Gasteiger charge is 2.31. The van der Waals surface area contributed by atoms with Crippen molar-refractivity contribution < 1.29 is 18.7 Å². The minimum absolute atomic E-state index is 0.0166. The van der Waals surface area contributed by atoms with E-state index in [0.717, 1.165) is 29.7 Å². The van der Waals surface area contributed by atoms with Crippen LogP contribution in [0.25, 0.3) is 10.6 Å². The summed E-state index contributed by atoms with van der Waals surface area (Å²) < 4.78 is 18.6. The minimum atomic E-state index is -0.302. The second-order valence-electron chi connectivity index (χ2n) is 8.89. The molecule has 0 radical (unpaired) electrons. The van der Waals surface area contributed by atoms with Crippen LogP contribution >= 0.6 is 11.3 Å². The predicted octanol–water partition coefficient (Wildman–Crippen LogP) is 5.07. The molecule has 1 unspecified atom stereocenters. The number of aromatic nitrogens is 1. The van der Waals surface area contributed by atoms with Crippen LogP contribution < -0.4 is 10.1 Å². The normalized spacial score (nSPS) is 15.0. The summed E-state index contributed by atoms with van der Waals surface area (Å²) in [5, 5.41) is 3.74. The number of halogens is 1. The second-order valence-corrected chi connectivity index (χ2v) is 9.89. The highest BCUT2D eigenvalue weighted by Crippen LogP contribution is 2.31. The van der Waals surface area contributed by atoms with E-state index in [1.54, 1.807) is 19.2 Å². The molecule has 1 aliphatic rings. The van der Waals surface area contributed by atoms with Crippen LogP contribution in [0.4, 0.5) is 4.39 Å². The van der Waals surface area contributed by atoms with Gasteiger partial charge in [0.25, 0.3) is 5.91 Å². The lowest BCUT2D eigenvalue weighted by atomic mass is 9.84. The maximum absolute atomic E-state index is 13.2. The Bertz CT molecular complexity index is 1190. The number of piperidine rings is 1. The van der Waals surface area contributed by atoms with Crippen LogP contribution in [0.15, 0.2) is 48.5 Å². The van der Waals surface area contributed by atoms with Gasteiger partial charge in [-0.05, 0) is 56.0 Å². The topological polar surface area (TPSA) is 71.5 Å². The molecule has 6 nitrogen and oxygen atoms in total. The maximum Gasteiger partial charge on any atom is 0.265 e. The fourth-order valence-corrected chi connectivity index (χ4v) is 5.50. The molecule has 4 rings (SSSR count). The molecule has 1 N–H and O–H groups in total. The van der Waals surface area contributed by atoms with Crippen molar-refractivity contribution in [3.05, 3.63) is 70.5 Å². The molecule has 1 fully saturated rings. The molecule has 1 aromatic heterocycles. The van der Waals surface area contributed by atoms with Crippen LogP contribution in [0.5, 0.6) is 5.75 Å². The molecule has 2 aromatic carbocycles. The van der Waals surface area contributed by atoms with Gasteiger partial charge in [-0.1, -0.05) is 25.1 Å². The zero-order valence-corrected chi connectivity index (χ0v) is 21.0. The Morgan fingerprint density at radius 2 is 1.86 bits per heavy atom. The fourth-order valence-electron chi connectivity index (χ4n) is 4.46. The van der Waals surface area contributed by atoms with E-state index in [1.165, 1.54) is 23.5 Å². The van der Waals surface area contributed by atoms with Crippen molar-refractivity contribution in [1.82, 2.24) is 15.2 Å². The van der Waals surface area contributed by atoms with E-state index in [2.05, 4.69) is 10.3 Å². The highest BCUT2D eigenvalue weighted by molar-refractivity contribution is 7.17. The van der Waals surface area contributed by atoms with Crippen LogP contribution in [-0.2, 0) is 11.3 Å². The first-order valence-electron chi connectivity index (χ1n) is 11.8. The third-order valence-electron chi connectivity index (χ3n) is 6.68. The van der Waals surface area contributed by atoms with Crippen molar-refractivity contribution in [2.75, 3.05) is 20.2 Å². The van der Waals surface area contributed by atoms with E-state index in [4.69, 9.17) is 4.74 Å². The monoisotopic (exact) mass is 495 g/mol. The Morgan fingerprint density at radius 1 is 1.17 bits per heavy atom. The van der Waals surface area contributed by atoms with Crippen LogP contribution in [0.1, 0.15) is 40.7 Å². The van der Waals surface area contributed by atoms with Gasteiger partial charge in [-0.15, -0.1) is 11.3 Å². The van der Waals surface area contributed by atoms with E-state index >= 15 is 0 Å². The van der Waals surface area contributed by atoms with E-state index in [1.807, 2.05) is 43.0 Å². The Morgan fingerprint density at radius 3 is 2.54 bits per heavy atom. The molecule has 1 atom stereocenters. The van der Waals surface area contributed by atoms with Gasteiger partial charge in [0.15, 0.2) is 0 Å². The van der Waals surface area contributed by atoms with Gasteiger partial charge in [0, 0.05) is 36.7 Å². The molecule has 8 heteroatoms. The van der Waals surface area contributed by atoms with E-state index in [-0.39, 0.29) is 29.5 Å². The number of thiazole rings is 1. The molecular formula is C27H30FN3O3S. The van der Waals surface area contributed by atoms with Crippen molar-refractivity contribution in [3.63, 3.8) is 0 Å². The molecule has 35 heavy (non-hydrogen) atoms. The number of rotatable bonds is 7. The average Bonchev–Trinajstić information content (AvgIpc) is 3.28. The summed E-state index contributed by atoms with van der Waals surface area (Å²) in [6, 6.07) is 13.8. The Hall–Kier alpha value is -3.26. The first-order chi connectivity index (χ1) is 16.9. The number of para-hydroxylation sites is 1. The number of carbonyl (C=O) groups excluding carboxylic acids is 2. The first-order valence-corrected chi connectivity index (χ1v) is 12.6. The van der Waals surface area contributed by atoms with Crippen molar-refractivity contribution in [1.29, 1.82) is 0 Å². The Labute approximate surface area is 209 Å². The number of benzene rings is 2. The van der Waals surface area contributed by atoms with Crippen molar-refractivity contribution in [2.45, 2.75) is 33.2 Å². The van der Waals surface area contributed by atoms with Gasteiger partial charge < -0.3 is 15.0 Å². The number of carbonyl (C=O) groups is 2. The minimum Gasteiger partial charge on any atom is -0.496 e. The van der Waals surface area contributed by atoms with E-state index < -0.39 is 0 Å². The van der Waals surface area contributed by atoms with Gasteiger partial charge in [-0.3, -0.25) is 9.59 Å². The lowest BCUT2D eigenvalue weighted by Gasteiger charge is -2.34. The van der Waals surface area contributed by atoms with Crippen molar-refractivity contribution in [3.8, 4) is 16.3 Å². The number of methoxy groups -OCH3 is 1. The molecule has 2 amide bonds. The molecule has 0 spiro atoms. The highest BCUT2D eigenvalue weighted by atomic mass is 32.1. The lowest BCUT2D eigenvalue weighted by molar-refractivity contribution is -0.126. The van der Waals surface area contributed by atoms with Crippen LogP contribution in [-0.4, -0.2) is 41.9 Å². The van der Waals surface area contributed by atoms with E-state index in [0.29, 0.717) is 35.2 Å². The molecule has 2 heterocycles. The van der Waals surface area contributed by atoms with Gasteiger partial charge in [0.05, 0.1) is 12.8 Å². The molecule has 1 saturated heterocycles. The SMILES string of the molecule is COc1ccccc1CNC(=O)C(C)C1CCN(C(=O)c2sc(-c3ccc(F)cc3)nc2C)CC1. The van der Waals surface area contributed by atoms with Crippen LogP contribution in [0, 0.1) is 24.6 Å². The predicted molar refractivity (Wildman–Crippen MR) is 135 cm³/mol. The summed E-state index contributed by atoms with van der Waals surface area (Å²) in [4.78, 5) is 33.0. The zero-order valence-electron chi connectivity index (χ0n) is 20.2. The summed E-state index contributed by atoms with van der Waals surface area (Å²) in [7, 11) is 1.62. The van der Waals surface area contributed by atoms with Crippen LogP contribution in [0.3, 0.4) is 0 Å². The summed E-state index contributed by atoms with van der Waals surface area (Å²) in [5.74, 6) is 0.520. The van der Waals surface area contributed by atoms with Gasteiger partial charge in [-0.25, -0.2) is 9.37 Å². The molecular weight excluding hydrogens is 465 g/mol. The zero-order chi connectivity index (χ0) is 24.9. The number of amides is 2. The Kier molecular flexibility index (Phi) is 7.80. The largest absolute Gasteiger partial charge is 0.496 e. The second kappa shape index (κ2) is 11.0. The number of ether oxygens (including phenoxy) is 1. The molecule has 0 aliphatic carbocycles. The van der Waals surface area contributed by atoms with Gasteiger partial charge in [0.2, 0.25) is 5.91 Å². The smallest absolute Gasteiger partial charge is 0.265 e. The van der Waals surface area contributed by atoms with Gasteiger partial charge >= 0.3 is 0 Å². The van der Waals surface area contributed by atoms with Crippen molar-refractivity contribution in [2.24, 2.45) is 11.8 Å². The van der Waals surface area contributed by atoms with Gasteiger partial charge in [0.1, 0.15) is 21.5 Å². The molecule has 1 aliphatic heterocycles. The third kappa shape index (κ3) is 5.70. The van der Waals surface area contributed by atoms with E-state index in [9.17, 15) is 14.0 Å². The number of hydrogen-bond donors (Lipinski definition) is 1. The first kappa shape index (κ1) is 24.9. The molecule has 3 aromatic rings. The Balaban J connectivity index is 1.32. The standard InChI is InChI=1S/C27H30FN3O3S/c1-17(25(32)29-16-21-6-4-5-7-23(21)34-3)19-12-14-31(15-13-19)27(33)24-18(2)30-26(35-24)20-8-10-22(28)11-9-20/h4-11,17,19H,12-16H2,1-3H3,(H,29,32). The fraction of sp³-hybridized carbons (Fsp3) is 0.370. The number of aryl methyl sites for hydroxylation is 1. The average molecular weight is 496 g/mol. The molecule has 184 valence electrons. The summed E-state index contributed by atoms with van der Waals surface area (Å²) in [6.45, 7) is 5.43. The number of likely N-dealkylation sites (tertiary alicyclic amines) is 1. The molecule has 0 saturated carbocycles. The third-order valence-corrected chi connectivity index (χ3v) is 7.87. The summed E-state index contributed by atoms with van der Waals surface area (Å²) >= 11 is 1.34. The number of nitrogens with zero attached hydrogens (tertiary/aromatic N) is 2. The maximum atomic E-state index is 13.2.